The van der Waals surface area contributed by atoms with Gasteiger partial charge in [-0.25, -0.2) is 9.86 Å². The van der Waals surface area contributed by atoms with E-state index in [2.05, 4.69) is 0 Å². The monoisotopic (exact) mass is 203 g/mol. The number of hydrogen-bond donors (Lipinski definition) is 0. The zero-order chi connectivity index (χ0) is 10.7. The van der Waals surface area contributed by atoms with Crippen LogP contribution in [0.15, 0.2) is 30.3 Å². The van der Waals surface area contributed by atoms with Crippen molar-refractivity contribution in [3.05, 3.63) is 35.9 Å². The standard InChI is InChI=1S/C12H13NO2/c1-2-12(14)15-13-9-5-7-10-6-3-4-8-11(10)13/h3-8H,2,9H2,1H3. The maximum Gasteiger partial charge on any atom is 0.332 e. The zero-order valence-electron chi connectivity index (χ0n) is 8.64. The van der Waals surface area contributed by atoms with Gasteiger partial charge in [-0.3, -0.25) is 0 Å². The second-order valence-corrected chi connectivity index (χ2v) is 3.34. The Kier molecular flexibility index (Phi) is 2.72. The highest BCUT2D eigenvalue weighted by atomic mass is 16.7. The third-order valence-electron chi connectivity index (χ3n) is 2.27. The Bertz CT molecular complexity index is 398. The first-order valence-corrected chi connectivity index (χ1v) is 5.05. The minimum atomic E-state index is -0.208. The molecule has 0 aromatic heterocycles. The largest absolute Gasteiger partial charge is 0.341 e. The highest BCUT2D eigenvalue weighted by Crippen LogP contribution is 2.25. The molecule has 2 rings (SSSR count). The number of benzene rings is 1. The molecular formula is C12H13NO2. The molecule has 0 unspecified atom stereocenters. The maximum absolute atomic E-state index is 11.2. The molecule has 0 spiro atoms. The van der Waals surface area contributed by atoms with Crippen molar-refractivity contribution in [2.45, 2.75) is 13.3 Å². The van der Waals surface area contributed by atoms with E-state index in [1.54, 1.807) is 12.0 Å². The van der Waals surface area contributed by atoms with Gasteiger partial charge in [-0.05, 0) is 6.07 Å². The molecule has 15 heavy (non-hydrogen) atoms. The van der Waals surface area contributed by atoms with Crippen LogP contribution in [-0.4, -0.2) is 12.5 Å². The SMILES string of the molecule is CCC(=O)ON1CC=Cc2ccccc21. The second-order valence-electron chi connectivity index (χ2n) is 3.34. The molecule has 1 aromatic carbocycles. The highest BCUT2D eigenvalue weighted by Gasteiger charge is 2.15. The Morgan fingerprint density at radius 3 is 3.07 bits per heavy atom. The molecule has 0 N–H and O–H groups in total. The van der Waals surface area contributed by atoms with Crippen molar-refractivity contribution in [3.63, 3.8) is 0 Å². The molecule has 3 nitrogen and oxygen atoms in total. The molecule has 3 heteroatoms. The minimum Gasteiger partial charge on any atom is -0.341 e. The highest BCUT2D eigenvalue weighted by molar-refractivity contribution is 5.74. The lowest BCUT2D eigenvalue weighted by Gasteiger charge is -2.25. The van der Waals surface area contributed by atoms with E-state index in [1.165, 1.54) is 0 Å². The lowest BCUT2D eigenvalue weighted by molar-refractivity contribution is -0.144. The Balaban J connectivity index is 2.22. The summed E-state index contributed by atoms with van der Waals surface area (Å²) >= 11 is 0. The van der Waals surface area contributed by atoms with Gasteiger partial charge in [0, 0.05) is 12.0 Å². The molecule has 0 radical (unpaired) electrons. The summed E-state index contributed by atoms with van der Waals surface area (Å²) in [5, 5.41) is 1.63. The van der Waals surface area contributed by atoms with Crippen LogP contribution in [-0.2, 0) is 9.63 Å². The molecule has 0 bridgehead atoms. The van der Waals surface area contributed by atoms with E-state index in [1.807, 2.05) is 36.4 Å². The van der Waals surface area contributed by atoms with Gasteiger partial charge in [0.2, 0.25) is 0 Å². The van der Waals surface area contributed by atoms with Gasteiger partial charge >= 0.3 is 5.97 Å². The van der Waals surface area contributed by atoms with Gasteiger partial charge in [0.05, 0.1) is 12.2 Å². The lowest BCUT2D eigenvalue weighted by atomic mass is 10.1. The summed E-state index contributed by atoms with van der Waals surface area (Å²) in [6.07, 6.45) is 4.40. The fourth-order valence-electron chi connectivity index (χ4n) is 1.50. The first kappa shape index (κ1) is 9.77. The van der Waals surface area contributed by atoms with Crippen LogP contribution in [0.4, 0.5) is 5.69 Å². The predicted octanol–water partition coefficient (Wildman–Crippen LogP) is 2.39. The Morgan fingerprint density at radius 2 is 2.27 bits per heavy atom. The van der Waals surface area contributed by atoms with Crippen LogP contribution in [0.1, 0.15) is 18.9 Å². The van der Waals surface area contributed by atoms with E-state index < -0.39 is 0 Å². The summed E-state index contributed by atoms with van der Waals surface area (Å²) in [5.41, 5.74) is 2.02. The van der Waals surface area contributed by atoms with Gasteiger partial charge in [-0.15, -0.1) is 0 Å². The van der Waals surface area contributed by atoms with Crippen LogP contribution in [0, 0.1) is 0 Å². The number of carbonyl (C=O) groups excluding carboxylic acids is 1. The van der Waals surface area contributed by atoms with Crippen molar-refractivity contribution in [1.82, 2.24) is 0 Å². The summed E-state index contributed by atoms with van der Waals surface area (Å²) in [6, 6.07) is 7.85. The second kappa shape index (κ2) is 4.17. The number of hydroxylamine groups is 1. The van der Waals surface area contributed by atoms with E-state index in [9.17, 15) is 4.79 Å². The average Bonchev–Trinajstić information content (AvgIpc) is 2.29. The zero-order valence-corrected chi connectivity index (χ0v) is 8.64. The van der Waals surface area contributed by atoms with Crippen molar-refractivity contribution in [1.29, 1.82) is 0 Å². The Morgan fingerprint density at radius 1 is 1.47 bits per heavy atom. The molecule has 0 amide bonds. The molecule has 0 aliphatic carbocycles. The van der Waals surface area contributed by atoms with Gasteiger partial charge in [0.25, 0.3) is 0 Å². The quantitative estimate of drug-likeness (QED) is 0.739. The van der Waals surface area contributed by atoms with E-state index in [0.717, 1.165) is 11.3 Å². The summed E-state index contributed by atoms with van der Waals surface area (Å²) < 4.78 is 0. The van der Waals surface area contributed by atoms with Crippen LogP contribution in [0.25, 0.3) is 6.08 Å². The summed E-state index contributed by atoms with van der Waals surface area (Å²) in [7, 11) is 0. The van der Waals surface area contributed by atoms with E-state index in [0.29, 0.717) is 13.0 Å². The van der Waals surface area contributed by atoms with Gasteiger partial charge < -0.3 is 4.84 Å². The van der Waals surface area contributed by atoms with Gasteiger partial charge in [-0.1, -0.05) is 37.3 Å². The smallest absolute Gasteiger partial charge is 0.332 e. The Hall–Kier alpha value is -1.77. The molecule has 1 aliphatic rings. The molecular weight excluding hydrogens is 190 g/mol. The fraction of sp³-hybridized carbons (Fsp3) is 0.250. The predicted molar refractivity (Wildman–Crippen MR) is 59.2 cm³/mol. The first-order valence-electron chi connectivity index (χ1n) is 5.05. The number of fused-ring (bicyclic) bond motifs is 1. The normalized spacial score (nSPS) is 13.5. The molecule has 1 aliphatic heterocycles. The summed E-state index contributed by atoms with van der Waals surface area (Å²) in [6.45, 7) is 2.40. The lowest BCUT2D eigenvalue weighted by Crippen LogP contribution is -2.29. The van der Waals surface area contributed by atoms with Crippen LogP contribution in [0.2, 0.25) is 0 Å². The first-order chi connectivity index (χ1) is 7.31. The van der Waals surface area contributed by atoms with Crippen LogP contribution >= 0.6 is 0 Å². The van der Waals surface area contributed by atoms with Crippen LogP contribution in [0.3, 0.4) is 0 Å². The third kappa shape index (κ3) is 2.01. The van der Waals surface area contributed by atoms with Crippen LogP contribution in [0.5, 0.6) is 0 Å². The van der Waals surface area contributed by atoms with Gasteiger partial charge in [0.1, 0.15) is 0 Å². The van der Waals surface area contributed by atoms with Crippen molar-refractivity contribution in [2.24, 2.45) is 0 Å². The fourth-order valence-corrected chi connectivity index (χ4v) is 1.50. The van der Waals surface area contributed by atoms with Crippen molar-refractivity contribution in [2.75, 3.05) is 11.6 Å². The summed E-state index contributed by atoms with van der Waals surface area (Å²) in [4.78, 5) is 16.4. The molecule has 0 atom stereocenters. The number of nitrogens with zero attached hydrogens (tertiary/aromatic N) is 1. The van der Waals surface area contributed by atoms with E-state index in [-0.39, 0.29) is 5.97 Å². The Labute approximate surface area is 88.9 Å². The molecule has 78 valence electrons. The number of anilines is 1. The molecule has 0 saturated heterocycles. The number of hydrogen-bond acceptors (Lipinski definition) is 3. The number of carbonyl (C=O) groups is 1. The van der Waals surface area contributed by atoms with Crippen LogP contribution < -0.4 is 5.06 Å². The number of para-hydroxylation sites is 1. The van der Waals surface area contributed by atoms with Crippen molar-refractivity contribution in [3.8, 4) is 0 Å². The van der Waals surface area contributed by atoms with E-state index >= 15 is 0 Å². The molecule has 1 aromatic rings. The molecule has 1 heterocycles. The maximum atomic E-state index is 11.2. The van der Waals surface area contributed by atoms with Gasteiger partial charge in [-0.2, -0.15) is 0 Å². The molecule has 0 fully saturated rings. The minimum absolute atomic E-state index is 0.208. The van der Waals surface area contributed by atoms with Crippen molar-refractivity contribution >= 4 is 17.7 Å². The summed E-state index contributed by atoms with van der Waals surface area (Å²) in [5.74, 6) is -0.208. The van der Waals surface area contributed by atoms with E-state index in [4.69, 9.17) is 4.84 Å². The third-order valence-corrected chi connectivity index (χ3v) is 2.27. The number of rotatable bonds is 2. The average molecular weight is 203 g/mol. The molecule has 0 saturated carbocycles. The van der Waals surface area contributed by atoms with Gasteiger partial charge in [0.15, 0.2) is 0 Å². The topological polar surface area (TPSA) is 29.5 Å². The van der Waals surface area contributed by atoms with Crippen molar-refractivity contribution < 1.29 is 9.63 Å².